The summed E-state index contributed by atoms with van der Waals surface area (Å²) in [6.07, 6.45) is 1.43. The maximum Gasteiger partial charge on any atom is 0.231 e. The molecule has 0 aliphatic carbocycles. The fourth-order valence-electron chi connectivity index (χ4n) is 1.47. The van der Waals surface area contributed by atoms with Gasteiger partial charge < -0.3 is 14.7 Å². The Morgan fingerprint density at radius 2 is 2.29 bits per heavy atom. The first-order valence-electron chi connectivity index (χ1n) is 4.39. The molecule has 1 aliphatic heterocycles. The lowest BCUT2D eigenvalue weighted by Gasteiger charge is -2.17. The molecule has 0 saturated carbocycles. The molecule has 0 bridgehead atoms. The van der Waals surface area contributed by atoms with E-state index in [1.54, 1.807) is 7.11 Å². The average Bonchev–Trinajstić information content (AvgIpc) is 2.27. The number of fused-ring (bicyclic) bond motifs is 1. The first-order valence-corrected chi connectivity index (χ1v) is 4.39. The monoisotopic (exact) mass is 193 g/mol. The summed E-state index contributed by atoms with van der Waals surface area (Å²) in [5, 5.41) is 11.6. The highest BCUT2D eigenvalue weighted by atomic mass is 16.5. The number of methoxy groups -OCH3 is 1. The Bertz CT molecular complexity index is 374. The number of hydrogen-bond donors (Lipinski definition) is 1. The predicted molar refractivity (Wildman–Crippen MR) is 51.2 cm³/mol. The van der Waals surface area contributed by atoms with E-state index in [0.29, 0.717) is 12.3 Å². The summed E-state index contributed by atoms with van der Waals surface area (Å²) in [5.74, 6) is 1.92. The molecule has 0 atom stereocenters. The molecular weight excluding hydrogens is 182 g/mol. The molecule has 0 amide bonds. The fraction of sp³-hybridized carbons (Fsp3) is 0.300. The van der Waals surface area contributed by atoms with Crippen molar-refractivity contribution in [2.45, 2.75) is 12.8 Å². The van der Waals surface area contributed by atoms with Crippen molar-refractivity contribution in [2.24, 2.45) is 5.16 Å². The lowest BCUT2D eigenvalue weighted by Crippen LogP contribution is -2.16. The Morgan fingerprint density at radius 3 is 3.00 bits per heavy atom. The lowest BCUT2D eigenvalue weighted by molar-refractivity contribution is 0.298. The third-order valence-electron chi connectivity index (χ3n) is 2.22. The van der Waals surface area contributed by atoms with Crippen LogP contribution in [-0.4, -0.2) is 18.2 Å². The summed E-state index contributed by atoms with van der Waals surface area (Å²) < 4.78 is 10.4. The Balaban J connectivity index is 2.32. The molecular formula is C10H11NO3. The number of nitrogens with zero attached hydrogens (tertiary/aromatic N) is 1. The summed E-state index contributed by atoms with van der Waals surface area (Å²) >= 11 is 0. The summed E-state index contributed by atoms with van der Waals surface area (Å²) in [5.41, 5.74) is 1.08. The lowest BCUT2D eigenvalue weighted by atomic mass is 10.1. The first kappa shape index (κ1) is 8.87. The molecule has 0 saturated heterocycles. The molecule has 4 nitrogen and oxygen atoms in total. The standard InChI is InChI=1S/C10H11NO3/c1-13-8-3-4-9-7(6-8)2-5-10(11-12)14-9/h3-4,6,12H,2,5H2,1H3. The quantitative estimate of drug-likeness (QED) is 0.546. The van der Waals surface area contributed by atoms with Gasteiger partial charge in [0.05, 0.1) is 7.11 Å². The molecule has 0 fully saturated rings. The third-order valence-corrected chi connectivity index (χ3v) is 2.22. The molecule has 74 valence electrons. The van der Waals surface area contributed by atoms with E-state index < -0.39 is 0 Å². The van der Waals surface area contributed by atoms with Gasteiger partial charge in [0.2, 0.25) is 5.90 Å². The topological polar surface area (TPSA) is 51.0 Å². The van der Waals surface area contributed by atoms with Crippen molar-refractivity contribution in [3.05, 3.63) is 23.8 Å². The number of oxime groups is 1. The molecule has 4 heteroatoms. The van der Waals surface area contributed by atoms with Gasteiger partial charge in [0.25, 0.3) is 0 Å². The van der Waals surface area contributed by atoms with Crippen LogP contribution in [0.25, 0.3) is 0 Å². The van der Waals surface area contributed by atoms with E-state index in [1.165, 1.54) is 0 Å². The zero-order valence-electron chi connectivity index (χ0n) is 7.86. The van der Waals surface area contributed by atoms with Gasteiger partial charge in [-0.1, -0.05) is 5.16 Å². The van der Waals surface area contributed by atoms with Gasteiger partial charge in [-0.25, -0.2) is 0 Å². The summed E-state index contributed by atoms with van der Waals surface area (Å²) in [6, 6.07) is 5.57. The highest BCUT2D eigenvalue weighted by Gasteiger charge is 2.16. The van der Waals surface area contributed by atoms with Crippen molar-refractivity contribution < 1.29 is 14.7 Å². The van der Waals surface area contributed by atoms with Crippen molar-refractivity contribution >= 4 is 5.90 Å². The highest BCUT2D eigenvalue weighted by Crippen LogP contribution is 2.29. The molecule has 1 aliphatic rings. The van der Waals surface area contributed by atoms with E-state index in [2.05, 4.69) is 5.16 Å². The van der Waals surface area contributed by atoms with Crippen molar-refractivity contribution in [1.82, 2.24) is 0 Å². The molecule has 0 aromatic heterocycles. The second kappa shape index (κ2) is 3.57. The summed E-state index contributed by atoms with van der Waals surface area (Å²) in [4.78, 5) is 0. The van der Waals surface area contributed by atoms with Crippen molar-refractivity contribution in [3.63, 3.8) is 0 Å². The minimum absolute atomic E-state index is 0.364. The zero-order valence-corrected chi connectivity index (χ0v) is 7.86. The Morgan fingerprint density at radius 1 is 1.43 bits per heavy atom. The minimum atomic E-state index is 0.364. The Hall–Kier alpha value is -1.71. The molecule has 1 aromatic carbocycles. The smallest absolute Gasteiger partial charge is 0.231 e. The number of ether oxygens (including phenoxy) is 2. The van der Waals surface area contributed by atoms with Gasteiger partial charge in [-0.05, 0) is 30.2 Å². The van der Waals surface area contributed by atoms with Crippen LogP contribution in [0.5, 0.6) is 11.5 Å². The van der Waals surface area contributed by atoms with E-state index in [-0.39, 0.29) is 0 Å². The maximum absolute atomic E-state index is 8.56. The van der Waals surface area contributed by atoms with Crippen molar-refractivity contribution in [2.75, 3.05) is 7.11 Å². The third kappa shape index (κ3) is 1.51. The number of rotatable bonds is 1. The molecule has 2 rings (SSSR count). The summed E-state index contributed by atoms with van der Waals surface area (Å²) in [7, 11) is 1.63. The van der Waals surface area contributed by atoms with E-state index in [0.717, 1.165) is 23.5 Å². The Labute approximate surface area is 81.8 Å². The molecule has 1 N–H and O–H groups in total. The van der Waals surface area contributed by atoms with Crippen LogP contribution in [0.2, 0.25) is 0 Å². The second-order valence-corrected chi connectivity index (χ2v) is 3.07. The predicted octanol–water partition coefficient (Wildman–Crippen LogP) is 1.81. The molecule has 14 heavy (non-hydrogen) atoms. The molecule has 0 unspecified atom stereocenters. The van der Waals surface area contributed by atoms with Crippen molar-refractivity contribution in [3.8, 4) is 11.5 Å². The number of aryl methyl sites for hydroxylation is 1. The zero-order chi connectivity index (χ0) is 9.97. The van der Waals surface area contributed by atoms with Crippen LogP contribution in [0.1, 0.15) is 12.0 Å². The van der Waals surface area contributed by atoms with Crippen LogP contribution in [0.4, 0.5) is 0 Å². The highest BCUT2D eigenvalue weighted by molar-refractivity contribution is 5.80. The SMILES string of the molecule is COc1ccc2c(c1)CCC(=NO)O2. The van der Waals surface area contributed by atoms with Crippen molar-refractivity contribution in [1.29, 1.82) is 0 Å². The van der Waals surface area contributed by atoms with Crippen LogP contribution in [0, 0.1) is 0 Å². The van der Waals surface area contributed by atoms with Crippen LogP contribution in [-0.2, 0) is 6.42 Å². The molecule has 0 radical (unpaired) electrons. The van der Waals surface area contributed by atoms with Crippen LogP contribution < -0.4 is 9.47 Å². The number of benzene rings is 1. The maximum atomic E-state index is 8.56. The van der Waals surface area contributed by atoms with E-state index >= 15 is 0 Å². The van der Waals surface area contributed by atoms with Crippen LogP contribution in [0.3, 0.4) is 0 Å². The first-order chi connectivity index (χ1) is 6.83. The minimum Gasteiger partial charge on any atom is -0.497 e. The van der Waals surface area contributed by atoms with Gasteiger partial charge in [-0.15, -0.1) is 0 Å². The Kier molecular flexibility index (Phi) is 2.26. The molecule has 1 aromatic rings. The molecule has 1 heterocycles. The van der Waals surface area contributed by atoms with Gasteiger partial charge in [0, 0.05) is 6.42 Å². The van der Waals surface area contributed by atoms with Gasteiger partial charge in [-0.2, -0.15) is 0 Å². The van der Waals surface area contributed by atoms with Crippen LogP contribution in [0.15, 0.2) is 23.4 Å². The van der Waals surface area contributed by atoms with E-state index in [4.69, 9.17) is 14.7 Å². The second-order valence-electron chi connectivity index (χ2n) is 3.07. The van der Waals surface area contributed by atoms with E-state index in [1.807, 2.05) is 18.2 Å². The van der Waals surface area contributed by atoms with E-state index in [9.17, 15) is 0 Å². The van der Waals surface area contributed by atoms with Gasteiger partial charge in [0.15, 0.2) is 0 Å². The molecule has 0 spiro atoms. The number of hydrogen-bond acceptors (Lipinski definition) is 4. The summed E-state index contributed by atoms with van der Waals surface area (Å²) in [6.45, 7) is 0. The van der Waals surface area contributed by atoms with Gasteiger partial charge >= 0.3 is 0 Å². The van der Waals surface area contributed by atoms with Gasteiger partial charge in [0.1, 0.15) is 11.5 Å². The average molecular weight is 193 g/mol. The van der Waals surface area contributed by atoms with Crippen LogP contribution >= 0.6 is 0 Å². The fourth-order valence-corrected chi connectivity index (χ4v) is 1.47. The van der Waals surface area contributed by atoms with Gasteiger partial charge in [-0.3, -0.25) is 0 Å². The normalized spacial score (nSPS) is 17.4. The largest absolute Gasteiger partial charge is 0.497 e.